The van der Waals surface area contributed by atoms with Gasteiger partial charge in [-0.2, -0.15) is 0 Å². The predicted octanol–water partition coefficient (Wildman–Crippen LogP) is 1.32. The maximum atomic E-state index is 12.8. The summed E-state index contributed by atoms with van der Waals surface area (Å²) in [5.41, 5.74) is 2.81. The molecule has 30 heavy (non-hydrogen) atoms. The third-order valence-electron chi connectivity index (χ3n) is 7.39. The average molecular weight is 411 g/mol. The number of nitrogens with zero attached hydrogens (tertiary/aromatic N) is 1. The van der Waals surface area contributed by atoms with Crippen molar-refractivity contribution in [3.8, 4) is 0 Å². The molecule has 4 atom stereocenters. The monoisotopic (exact) mass is 410 g/mol. The summed E-state index contributed by atoms with van der Waals surface area (Å²) in [6.45, 7) is 3.35. The van der Waals surface area contributed by atoms with Crippen molar-refractivity contribution in [2.45, 2.75) is 63.7 Å². The van der Waals surface area contributed by atoms with E-state index in [2.05, 4.69) is 22.0 Å². The quantitative estimate of drug-likeness (QED) is 0.637. The van der Waals surface area contributed by atoms with Crippen LogP contribution in [0.2, 0.25) is 0 Å². The Balaban J connectivity index is 1.18. The van der Waals surface area contributed by atoms with Gasteiger partial charge in [-0.1, -0.05) is 25.0 Å². The van der Waals surface area contributed by atoms with Crippen LogP contribution in [0.25, 0.3) is 0 Å². The van der Waals surface area contributed by atoms with Crippen molar-refractivity contribution < 1.29 is 14.4 Å². The van der Waals surface area contributed by atoms with Gasteiger partial charge >= 0.3 is 0 Å². The van der Waals surface area contributed by atoms with Crippen molar-refractivity contribution >= 4 is 17.7 Å². The molecule has 2 saturated heterocycles. The Kier molecular flexibility index (Phi) is 5.33. The molecule has 1 aliphatic carbocycles. The van der Waals surface area contributed by atoms with Crippen LogP contribution in [0.15, 0.2) is 18.2 Å². The van der Waals surface area contributed by atoms with Crippen molar-refractivity contribution in [2.24, 2.45) is 11.8 Å². The molecule has 3 aliphatic heterocycles. The topological polar surface area (TPSA) is 90.5 Å². The molecule has 1 aromatic carbocycles. The van der Waals surface area contributed by atoms with Gasteiger partial charge in [-0.15, -0.1) is 0 Å². The van der Waals surface area contributed by atoms with E-state index in [-0.39, 0.29) is 24.1 Å². The second-order valence-corrected chi connectivity index (χ2v) is 9.25. The van der Waals surface area contributed by atoms with Crippen LogP contribution >= 0.6 is 0 Å². The van der Waals surface area contributed by atoms with Gasteiger partial charge in [0.15, 0.2) is 0 Å². The molecule has 5 rings (SSSR count). The Morgan fingerprint density at radius 3 is 2.83 bits per heavy atom. The highest BCUT2D eigenvalue weighted by molar-refractivity contribution is 6.05. The largest absolute Gasteiger partial charge is 0.322 e. The van der Waals surface area contributed by atoms with Gasteiger partial charge in [0.1, 0.15) is 6.04 Å². The summed E-state index contributed by atoms with van der Waals surface area (Å²) in [6, 6.07) is 6.14. The first-order valence-corrected chi connectivity index (χ1v) is 11.3. The SMILES string of the molecule is O=C1CCC(N2Cc3cc(CNC[C@@H]4CN[C@@H]5CCCC[C@H]45)ccc3C2=O)C(=O)N1. The van der Waals surface area contributed by atoms with Crippen LogP contribution < -0.4 is 16.0 Å². The van der Waals surface area contributed by atoms with Gasteiger partial charge in [0.05, 0.1) is 0 Å². The lowest BCUT2D eigenvalue weighted by Gasteiger charge is -2.29. The number of piperidine rings is 1. The van der Waals surface area contributed by atoms with Gasteiger partial charge in [0.2, 0.25) is 11.8 Å². The van der Waals surface area contributed by atoms with Gasteiger partial charge in [0, 0.05) is 31.1 Å². The van der Waals surface area contributed by atoms with Crippen molar-refractivity contribution in [2.75, 3.05) is 13.1 Å². The average Bonchev–Trinajstić information content (AvgIpc) is 3.29. The second-order valence-electron chi connectivity index (χ2n) is 9.25. The highest BCUT2D eigenvalue weighted by Gasteiger charge is 2.39. The van der Waals surface area contributed by atoms with Crippen molar-refractivity contribution in [3.63, 3.8) is 0 Å². The third-order valence-corrected chi connectivity index (χ3v) is 7.39. The number of hydrogen-bond donors (Lipinski definition) is 3. The van der Waals surface area contributed by atoms with Crippen molar-refractivity contribution in [1.82, 2.24) is 20.9 Å². The normalized spacial score (nSPS) is 30.9. The highest BCUT2D eigenvalue weighted by Crippen LogP contribution is 2.34. The number of carbonyl (C=O) groups excluding carboxylic acids is 3. The lowest BCUT2D eigenvalue weighted by molar-refractivity contribution is -0.136. The Morgan fingerprint density at radius 2 is 1.97 bits per heavy atom. The maximum absolute atomic E-state index is 12.8. The molecule has 3 N–H and O–H groups in total. The number of imide groups is 1. The zero-order chi connectivity index (χ0) is 20.7. The number of carbonyl (C=O) groups is 3. The van der Waals surface area contributed by atoms with Gasteiger partial charge in [-0.25, -0.2) is 0 Å². The molecule has 1 aromatic rings. The zero-order valence-corrected chi connectivity index (χ0v) is 17.3. The molecule has 3 fully saturated rings. The van der Waals surface area contributed by atoms with Crippen molar-refractivity contribution in [3.05, 3.63) is 34.9 Å². The van der Waals surface area contributed by atoms with Gasteiger partial charge in [0.25, 0.3) is 5.91 Å². The number of amides is 3. The summed E-state index contributed by atoms with van der Waals surface area (Å²) in [6.07, 6.45) is 6.07. The minimum atomic E-state index is -0.553. The first-order chi connectivity index (χ1) is 14.6. The molecule has 1 unspecified atom stereocenters. The Labute approximate surface area is 177 Å². The fourth-order valence-electron chi connectivity index (χ4n) is 5.79. The smallest absolute Gasteiger partial charge is 0.255 e. The van der Waals surface area contributed by atoms with E-state index in [1.807, 2.05) is 12.1 Å². The third kappa shape index (κ3) is 3.65. The molecular weight excluding hydrogens is 380 g/mol. The fraction of sp³-hybridized carbons (Fsp3) is 0.609. The van der Waals surface area contributed by atoms with Crippen LogP contribution in [0, 0.1) is 11.8 Å². The molecule has 0 spiro atoms. The van der Waals surface area contributed by atoms with E-state index < -0.39 is 6.04 Å². The van der Waals surface area contributed by atoms with E-state index in [1.54, 1.807) is 4.90 Å². The summed E-state index contributed by atoms with van der Waals surface area (Å²) >= 11 is 0. The summed E-state index contributed by atoms with van der Waals surface area (Å²) in [7, 11) is 0. The van der Waals surface area contributed by atoms with Crippen molar-refractivity contribution in [1.29, 1.82) is 0 Å². The summed E-state index contributed by atoms with van der Waals surface area (Å²) in [5, 5.41) is 9.68. The summed E-state index contributed by atoms with van der Waals surface area (Å²) in [5.74, 6) is 0.783. The lowest BCUT2D eigenvalue weighted by Crippen LogP contribution is -2.52. The molecule has 0 aromatic heterocycles. The highest BCUT2D eigenvalue weighted by atomic mass is 16.2. The first kappa shape index (κ1) is 19.7. The standard InChI is InChI=1S/C23H30N4O3/c28-21-8-7-20(22(29)26-21)27-13-15-9-14(5-6-18(15)23(27)30)10-24-11-16-12-25-19-4-2-1-3-17(16)19/h5-6,9,16-17,19-20,24-25H,1-4,7-8,10-13H2,(H,26,28,29)/t16-,17-,19-,20?/m1/s1. The van der Waals surface area contributed by atoms with Crippen LogP contribution in [0.1, 0.15) is 60.0 Å². The minimum Gasteiger partial charge on any atom is -0.322 e. The van der Waals surface area contributed by atoms with Crippen LogP contribution in [0.4, 0.5) is 0 Å². The van der Waals surface area contributed by atoms with Crippen LogP contribution in [0.3, 0.4) is 0 Å². The molecule has 3 amide bonds. The maximum Gasteiger partial charge on any atom is 0.255 e. The van der Waals surface area contributed by atoms with Crippen LogP contribution in [-0.4, -0.2) is 47.8 Å². The molecule has 4 aliphatic rings. The number of nitrogens with one attached hydrogen (secondary N) is 3. The Morgan fingerprint density at radius 1 is 1.10 bits per heavy atom. The van der Waals surface area contributed by atoms with E-state index in [0.29, 0.717) is 24.4 Å². The van der Waals surface area contributed by atoms with E-state index >= 15 is 0 Å². The number of hydrogen-bond acceptors (Lipinski definition) is 5. The zero-order valence-electron chi connectivity index (χ0n) is 17.3. The van der Waals surface area contributed by atoms with Crippen LogP contribution in [0.5, 0.6) is 0 Å². The number of rotatable bonds is 5. The predicted molar refractivity (Wildman–Crippen MR) is 111 cm³/mol. The number of fused-ring (bicyclic) bond motifs is 2. The molecule has 3 heterocycles. The first-order valence-electron chi connectivity index (χ1n) is 11.3. The molecule has 7 nitrogen and oxygen atoms in total. The minimum absolute atomic E-state index is 0.112. The second kappa shape index (κ2) is 8.12. The summed E-state index contributed by atoms with van der Waals surface area (Å²) < 4.78 is 0. The molecule has 0 radical (unpaired) electrons. The van der Waals surface area contributed by atoms with E-state index in [9.17, 15) is 14.4 Å². The molecule has 160 valence electrons. The number of benzene rings is 1. The molecular formula is C23H30N4O3. The summed E-state index contributed by atoms with van der Waals surface area (Å²) in [4.78, 5) is 38.0. The van der Waals surface area contributed by atoms with E-state index in [0.717, 1.165) is 42.7 Å². The van der Waals surface area contributed by atoms with Gasteiger partial charge in [-0.3, -0.25) is 19.7 Å². The fourth-order valence-corrected chi connectivity index (χ4v) is 5.79. The van der Waals surface area contributed by atoms with Gasteiger partial charge < -0.3 is 15.5 Å². The molecule has 1 saturated carbocycles. The van der Waals surface area contributed by atoms with Crippen LogP contribution in [-0.2, 0) is 22.7 Å². The Bertz CT molecular complexity index is 870. The molecule has 7 heteroatoms. The van der Waals surface area contributed by atoms with E-state index in [4.69, 9.17) is 0 Å². The Hall–Kier alpha value is -2.25. The van der Waals surface area contributed by atoms with Gasteiger partial charge in [-0.05, 0) is 61.4 Å². The molecule has 0 bridgehead atoms. The lowest BCUT2D eigenvalue weighted by atomic mass is 9.80. The van der Waals surface area contributed by atoms with E-state index in [1.165, 1.54) is 25.7 Å².